The van der Waals surface area contributed by atoms with Gasteiger partial charge in [0.2, 0.25) is 6.33 Å². The summed E-state index contributed by atoms with van der Waals surface area (Å²) < 4.78 is 4.31. The third kappa shape index (κ3) is 2.22. The summed E-state index contributed by atoms with van der Waals surface area (Å²) in [4.78, 5) is 0. The fraction of sp³-hybridized carbons (Fsp3) is 0.444. The Kier molecular flexibility index (Phi) is 2.90. The second kappa shape index (κ2) is 3.96. The predicted molar refractivity (Wildman–Crippen MR) is 45.1 cm³/mol. The number of imidazole rings is 1. The number of aromatic nitrogens is 2. The fourth-order valence-corrected chi connectivity index (χ4v) is 0.961. The normalized spacial score (nSPS) is 11.1. The van der Waals surface area contributed by atoms with Crippen molar-refractivity contribution in [3.8, 4) is 0 Å². The number of aryl methyl sites for hydroxylation is 1. The summed E-state index contributed by atoms with van der Waals surface area (Å²) >= 11 is 0. The van der Waals surface area contributed by atoms with E-state index in [4.69, 9.17) is 0 Å². The van der Waals surface area contributed by atoms with Crippen LogP contribution in [0.3, 0.4) is 0 Å². The van der Waals surface area contributed by atoms with Crippen LogP contribution in [0.2, 0.25) is 0 Å². The van der Waals surface area contributed by atoms with Gasteiger partial charge in [-0.1, -0.05) is 6.08 Å². The highest BCUT2D eigenvalue weighted by atomic mass is 15.1. The lowest BCUT2D eigenvalue weighted by Gasteiger charge is -1.86. The molecule has 0 unspecified atom stereocenters. The molecular formula is C9H15N2+. The van der Waals surface area contributed by atoms with Crippen LogP contribution in [-0.2, 0) is 13.1 Å². The molecule has 2 nitrogen and oxygen atoms in total. The molecule has 0 spiro atoms. The van der Waals surface area contributed by atoms with Crippen LogP contribution in [-0.4, -0.2) is 4.57 Å². The number of hydrogen-bond donors (Lipinski definition) is 0. The van der Waals surface area contributed by atoms with Crippen molar-refractivity contribution in [3.63, 3.8) is 0 Å². The molecule has 0 aliphatic rings. The van der Waals surface area contributed by atoms with Crippen LogP contribution in [0.25, 0.3) is 0 Å². The maximum Gasteiger partial charge on any atom is 0.244 e. The van der Waals surface area contributed by atoms with E-state index in [9.17, 15) is 0 Å². The van der Waals surface area contributed by atoms with Crippen LogP contribution in [0.15, 0.2) is 30.9 Å². The summed E-state index contributed by atoms with van der Waals surface area (Å²) in [6.45, 7) is 6.20. The Hall–Kier alpha value is -1.05. The van der Waals surface area contributed by atoms with Crippen LogP contribution in [0.4, 0.5) is 0 Å². The average molecular weight is 151 g/mol. The molecule has 0 saturated carbocycles. The summed E-state index contributed by atoms with van der Waals surface area (Å²) in [6, 6.07) is 0. The Morgan fingerprint density at radius 1 is 1.55 bits per heavy atom. The molecule has 11 heavy (non-hydrogen) atoms. The zero-order valence-electron chi connectivity index (χ0n) is 7.20. The fourth-order valence-electron chi connectivity index (χ4n) is 0.961. The van der Waals surface area contributed by atoms with Gasteiger partial charge in [-0.3, -0.25) is 0 Å². The molecule has 0 saturated heterocycles. The Bertz CT molecular complexity index is 235. The van der Waals surface area contributed by atoms with Gasteiger partial charge in [-0.15, -0.1) is 0 Å². The maximum absolute atomic E-state index is 2.16. The molecular weight excluding hydrogens is 136 g/mol. The topological polar surface area (TPSA) is 8.81 Å². The molecule has 0 aliphatic heterocycles. The van der Waals surface area contributed by atoms with E-state index < -0.39 is 0 Å². The van der Waals surface area contributed by atoms with E-state index in [1.165, 1.54) is 0 Å². The third-order valence-electron chi connectivity index (χ3n) is 1.66. The molecule has 2 heteroatoms. The van der Waals surface area contributed by atoms with Crippen molar-refractivity contribution in [1.82, 2.24) is 4.57 Å². The van der Waals surface area contributed by atoms with Gasteiger partial charge in [0.15, 0.2) is 0 Å². The van der Waals surface area contributed by atoms with Gasteiger partial charge in [0, 0.05) is 0 Å². The molecule has 1 aromatic rings. The summed E-state index contributed by atoms with van der Waals surface area (Å²) in [7, 11) is 0. The van der Waals surface area contributed by atoms with Crippen LogP contribution < -0.4 is 4.57 Å². The molecule has 60 valence electrons. The second-order valence-corrected chi connectivity index (χ2v) is 2.51. The van der Waals surface area contributed by atoms with Crippen molar-refractivity contribution >= 4 is 0 Å². The SMILES string of the molecule is C/C=C/C[n+]1ccn(CC)c1. The quantitative estimate of drug-likeness (QED) is 0.456. The maximum atomic E-state index is 2.16. The van der Waals surface area contributed by atoms with E-state index in [0.717, 1.165) is 13.1 Å². The monoisotopic (exact) mass is 151 g/mol. The van der Waals surface area contributed by atoms with Crippen molar-refractivity contribution in [2.45, 2.75) is 26.9 Å². The van der Waals surface area contributed by atoms with Gasteiger partial charge in [-0.25, -0.2) is 9.13 Å². The Morgan fingerprint density at radius 3 is 2.91 bits per heavy atom. The highest BCUT2D eigenvalue weighted by Crippen LogP contribution is 1.82. The van der Waals surface area contributed by atoms with Gasteiger partial charge in [0.25, 0.3) is 0 Å². The third-order valence-corrected chi connectivity index (χ3v) is 1.66. The number of hydrogen-bond acceptors (Lipinski definition) is 0. The first kappa shape index (κ1) is 8.05. The number of nitrogens with zero attached hydrogens (tertiary/aromatic N) is 2. The minimum atomic E-state index is 0.976. The molecule has 1 heterocycles. The Labute approximate surface area is 67.8 Å². The molecule has 0 atom stereocenters. The Morgan fingerprint density at radius 2 is 2.36 bits per heavy atom. The van der Waals surface area contributed by atoms with Crippen molar-refractivity contribution in [1.29, 1.82) is 0 Å². The highest BCUT2D eigenvalue weighted by Gasteiger charge is 1.97. The molecule has 0 amide bonds. The van der Waals surface area contributed by atoms with E-state index >= 15 is 0 Å². The summed E-state index contributed by atoms with van der Waals surface area (Å²) in [5.74, 6) is 0. The smallest absolute Gasteiger partial charge is 0.237 e. The van der Waals surface area contributed by atoms with Gasteiger partial charge in [-0.05, 0) is 19.9 Å². The van der Waals surface area contributed by atoms with Crippen molar-refractivity contribution < 1.29 is 4.57 Å². The molecule has 1 aromatic heterocycles. The zero-order valence-corrected chi connectivity index (χ0v) is 7.20. The van der Waals surface area contributed by atoms with Gasteiger partial charge in [0.05, 0.1) is 6.54 Å². The van der Waals surface area contributed by atoms with Gasteiger partial charge < -0.3 is 0 Å². The van der Waals surface area contributed by atoms with Crippen molar-refractivity contribution in [3.05, 3.63) is 30.9 Å². The molecule has 0 N–H and O–H groups in total. The van der Waals surface area contributed by atoms with Crippen molar-refractivity contribution in [2.24, 2.45) is 0 Å². The van der Waals surface area contributed by atoms with Crippen LogP contribution in [0.1, 0.15) is 13.8 Å². The lowest BCUT2D eigenvalue weighted by atomic mass is 10.5. The van der Waals surface area contributed by atoms with E-state index in [2.05, 4.69) is 46.9 Å². The second-order valence-electron chi connectivity index (χ2n) is 2.51. The van der Waals surface area contributed by atoms with Crippen LogP contribution in [0, 0.1) is 0 Å². The molecule has 0 fully saturated rings. The first-order chi connectivity index (χ1) is 5.36. The van der Waals surface area contributed by atoms with Crippen LogP contribution in [0.5, 0.6) is 0 Å². The van der Waals surface area contributed by atoms with E-state index in [1.807, 2.05) is 6.92 Å². The molecule has 0 aliphatic carbocycles. The summed E-state index contributed by atoms with van der Waals surface area (Å²) in [5, 5.41) is 0. The first-order valence-corrected chi connectivity index (χ1v) is 4.02. The molecule has 1 rings (SSSR count). The lowest BCUT2D eigenvalue weighted by Crippen LogP contribution is -2.29. The first-order valence-electron chi connectivity index (χ1n) is 4.02. The van der Waals surface area contributed by atoms with Crippen LogP contribution >= 0.6 is 0 Å². The predicted octanol–water partition coefficient (Wildman–Crippen LogP) is 1.37. The Balaban J connectivity index is 2.58. The number of allylic oxidation sites excluding steroid dienone is 2. The largest absolute Gasteiger partial charge is 0.244 e. The molecule has 0 radical (unpaired) electrons. The van der Waals surface area contributed by atoms with E-state index in [1.54, 1.807) is 0 Å². The van der Waals surface area contributed by atoms with Gasteiger partial charge in [-0.2, -0.15) is 0 Å². The lowest BCUT2D eigenvalue weighted by molar-refractivity contribution is -0.686. The minimum Gasteiger partial charge on any atom is -0.237 e. The molecule has 0 aromatic carbocycles. The van der Waals surface area contributed by atoms with E-state index in [0.29, 0.717) is 0 Å². The number of rotatable bonds is 3. The summed E-state index contributed by atoms with van der Waals surface area (Å²) in [5.41, 5.74) is 0. The zero-order chi connectivity index (χ0) is 8.10. The minimum absolute atomic E-state index is 0.976. The van der Waals surface area contributed by atoms with Gasteiger partial charge in [0.1, 0.15) is 18.9 Å². The average Bonchev–Trinajstić information content (AvgIpc) is 2.48. The van der Waals surface area contributed by atoms with Crippen molar-refractivity contribution in [2.75, 3.05) is 0 Å². The highest BCUT2D eigenvalue weighted by molar-refractivity contribution is 4.73. The van der Waals surface area contributed by atoms with Gasteiger partial charge >= 0.3 is 0 Å². The van der Waals surface area contributed by atoms with E-state index in [-0.39, 0.29) is 0 Å². The standard InChI is InChI=1S/C9H15N2/c1-3-5-6-11-8-7-10(4-2)9-11/h3,5,7-9H,4,6H2,1-2H3/q+1/b5-3+. The summed E-state index contributed by atoms with van der Waals surface area (Å²) in [6.07, 6.45) is 10.5. The molecule has 0 bridgehead atoms.